The van der Waals surface area contributed by atoms with Crippen molar-refractivity contribution in [2.45, 2.75) is 44.9 Å². The summed E-state index contributed by atoms with van der Waals surface area (Å²) in [5, 5.41) is 0. The van der Waals surface area contributed by atoms with E-state index in [1.807, 2.05) is 0 Å². The second kappa shape index (κ2) is 4.82. The molecule has 2 nitrogen and oxygen atoms in total. The predicted molar refractivity (Wildman–Crippen MR) is 59.4 cm³/mol. The molecule has 0 aliphatic heterocycles. The highest BCUT2D eigenvalue weighted by molar-refractivity contribution is 5.82. The monoisotopic (exact) mass is 208 g/mol. The number of ether oxygens (including phenoxy) is 1. The first kappa shape index (κ1) is 10.7. The molecule has 2 saturated carbocycles. The Morgan fingerprint density at radius 1 is 1.27 bits per heavy atom. The molecule has 0 aromatic rings. The number of fused-ring (bicyclic) bond motifs is 1. The molecule has 0 N–H and O–H groups in total. The van der Waals surface area contributed by atoms with E-state index in [0.29, 0.717) is 0 Å². The van der Waals surface area contributed by atoms with Crippen LogP contribution < -0.4 is 0 Å². The van der Waals surface area contributed by atoms with E-state index < -0.39 is 0 Å². The number of methoxy groups -OCH3 is 1. The van der Waals surface area contributed by atoms with Crippen LogP contribution in [-0.4, -0.2) is 13.1 Å². The smallest absolute Gasteiger partial charge is 0.330 e. The Labute approximate surface area is 91.7 Å². The second-order valence-corrected chi connectivity index (χ2v) is 4.87. The number of carbonyl (C=O) groups is 1. The first-order chi connectivity index (χ1) is 7.29. The standard InChI is InChI=1S/C13H20O2/c1-15-13(14)9-10-6-7-11-4-2-3-5-12(11)8-10/h9,11-12H,2-8H2,1H3/b10-9-. The molecule has 0 saturated heterocycles. The van der Waals surface area contributed by atoms with E-state index in [4.69, 9.17) is 0 Å². The fourth-order valence-electron chi connectivity index (χ4n) is 3.10. The number of allylic oxidation sites excluding steroid dienone is 1. The summed E-state index contributed by atoms with van der Waals surface area (Å²) < 4.78 is 4.67. The fourth-order valence-corrected chi connectivity index (χ4v) is 3.10. The molecule has 2 aliphatic carbocycles. The lowest BCUT2D eigenvalue weighted by molar-refractivity contribution is -0.134. The molecule has 0 aromatic carbocycles. The Hall–Kier alpha value is -0.790. The molecule has 0 aromatic heterocycles. The van der Waals surface area contributed by atoms with Crippen molar-refractivity contribution in [3.63, 3.8) is 0 Å². The molecule has 2 heteroatoms. The average Bonchev–Trinajstić information content (AvgIpc) is 2.29. The lowest BCUT2D eigenvalue weighted by atomic mass is 9.69. The molecule has 2 rings (SSSR count). The Morgan fingerprint density at radius 3 is 2.73 bits per heavy atom. The van der Waals surface area contributed by atoms with Crippen LogP contribution in [0.1, 0.15) is 44.9 Å². The number of rotatable bonds is 1. The molecule has 15 heavy (non-hydrogen) atoms. The van der Waals surface area contributed by atoms with Gasteiger partial charge in [0.25, 0.3) is 0 Å². The zero-order chi connectivity index (χ0) is 10.7. The van der Waals surface area contributed by atoms with Gasteiger partial charge in [-0.15, -0.1) is 0 Å². The molecule has 0 heterocycles. The first-order valence-electron chi connectivity index (χ1n) is 6.07. The van der Waals surface area contributed by atoms with Crippen LogP contribution in [0.5, 0.6) is 0 Å². The Bertz CT molecular complexity index is 268. The summed E-state index contributed by atoms with van der Waals surface area (Å²) in [4.78, 5) is 11.1. The first-order valence-corrected chi connectivity index (χ1v) is 6.07. The molecule has 2 fully saturated rings. The van der Waals surface area contributed by atoms with Gasteiger partial charge in [-0.2, -0.15) is 0 Å². The maximum atomic E-state index is 11.1. The highest BCUT2D eigenvalue weighted by Gasteiger charge is 2.29. The summed E-state index contributed by atoms with van der Waals surface area (Å²) in [6, 6.07) is 0. The Balaban J connectivity index is 1.96. The maximum absolute atomic E-state index is 11.1. The van der Waals surface area contributed by atoms with E-state index in [-0.39, 0.29) is 5.97 Å². The largest absolute Gasteiger partial charge is 0.466 e. The van der Waals surface area contributed by atoms with E-state index >= 15 is 0 Å². The molecule has 2 unspecified atom stereocenters. The van der Waals surface area contributed by atoms with Crippen molar-refractivity contribution in [2.75, 3.05) is 7.11 Å². The predicted octanol–water partition coefficient (Wildman–Crippen LogP) is 3.08. The molecule has 0 radical (unpaired) electrons. The van der Waals surface area contributed by atoms with Gasteiger partial charge in [0, 0.05) is 6.08 Å². The van der Waals surface area contributed by atoms with Crippen LogP contribution in [0.4, 0.5) is 0 Å². The van der Waals surface area contributed by atoms with Gasteiger partial charge in [0.15, 0.2) is 0 Å². The van der Waals surface area contributed by atoms with Gasteiger partial charge in [-0.1, -0.05) is 24.8 Å². The highest BCUT2D eigenvalue weighted by atomic mass is 16.5. The van der Waals surface area contributed by atoms with Gasteiger partial charge in [-0.05, 0) is 37.5 Å². The topological polar surface area (TPSA) is 26.3 Å². The molecule has 84 valence electrons. The molecule has 0 bridgehead atoms. The van der Waals surface area contributed by atoms with E-state index in [1.54, 1.807) is 6.08 Å². The van der Waals surface area contributed by atoms with E-state index in [2.05, 4.69) is 4.74 Å². The van der Waals surface area contributed by atoms with Crippen molar-refractivity contribution in [3.05, 3.63) is 11.6 Å². The summed E-state index contributed by atoms with van der Waals surface area (Å²) in [5.41, 5.74) is 1.31. The minimum absolute atomic E-state index is 0.181. The third-order valence-corrected chi connectivity index (χ3v) is 3.95. The minimum Gasteiger partial charge on any atom is -0.466 e. The van der Waals surface area contributed by atoms with Crippen LogP contribution in [0, 0.1) is 11.8 Å². The summed E-state index contributed by atoms with van der Waals surface area (Å²) in [5.74, 6) is 1.61. The third kappa shape index (κ3) is 2.61. The summed E-state index contributed by atoms with van der Waals surface area (Å²) in [7, 11) is 1.45. The average molecular weight is 208 g/mol. The number of carbonyl (C=O) groups excluding carboxylic acids is 1. The lowest BCUT2D eigenvalue weighted by Crippen LogP contribution is -2.24. The van der Waals surface area contributed by atoms with Crippen molar-refractivity contribution >= 4 is 5.97 Å². The molecule has 2 aliphatic rings. The van der Waals surface area contributed by atoms with E-state index in [9.17, 15) is 4.79 Å². The van der Waals surface area contributed by atoms with Gasteiger partial charge in [0.1, 0.15) is 0 Å². The van der Waals surface area contributed by atoms with Crippen molar-refractivity contribution in [1.82, 2.24) is 0 Å². The zero-order valence-electron chi connectivity index (χ0n) is 9.50. The van der Waals surface area contributed by atoms with Gasteiger partial charge in [0.05, 0.1) is 7.11 Å². The summed E-state index contributed by atoms with van der Waals surface area (Å²) >= 11 is 0. The maximum Gasteiger partial charge on any atom is 0.330 e. The van der Waals surface area contributed by atoms with Crippen LogP contribution in [-0.2, 0) is 9.53 Å². The number of hydrogen-bond acceptors (Lipinski definition) is 2. The van der Waals surface area contributed by atoms with Crippen LogP contribution in [0.15, 0.2) is 11.6 Å². The quantitative estimate of drug-likeness (QED) is 0.489. The van der Waals surface area contributed by atoms with Crippen molar-refractivity contribution in [1.29, 1.82) is 0 Å². The summed E-state index contributed by atoms with van der Waals surface area (Å²) in [6.45, 7) is 0. The second-order valence-electron chi connectivity index (χ2n) is 4.87. The van der Waals surface area contributed by atoms with Gasteiger partial charge in [-0.25, -0.2) is 4.79 Å². The SMILES string of the molecule is COC(=O)/C=C1/CCC2CCCCC2C1. The fraction of sp³-hybridized carbons (Fsp3) is 0.769. The van der Waals surface area contributed by atoms with Crippen LogP contribution >= 0.6 is 0 Å². The highest BCUT2D eigenvalue weighted by Crippen LogP contribution is 2.42. The molecular formula is C13H20O2. The van der Waals surface area contributed by atoms with E-state index in [1.165, 1.54) is 44.8 Å². The minimum atomic E-state index is -0.181. The zero-order valence-corrected chi connectivity index (χ0v) is 9.50. The Morgan fingerprint density at radius 2 is 2.00 bits per heavy atom. The van der Waals surface area contributed by atoms with Crippen LogP contribution in [0.25, 0.3) is 0 Å². The van der Waals surface area contributed by atoms with Gasteiger partial charge < -0.3 is 4.74 Å². The molecule has 0 spiro atoms. The van der Waals surface area contributed by atoms with Crippen molar-refractivity contribution in [3.8, 4) is 0 Å². The molecular weight excluding hydrogens is 188 g/mol. The van der Waals surface area contributed by atoms with Crippen molar-refractivity contribution in [2.24, 2.45) is 11.8 Å². The van der Waals surface area contributed by atoms with Crippen LogP contribution in [0.2, 0.25) is 0 Å². The van der Waals surface area contributed by atoms with Gasteiger partial charge >= 0.3 is 5.97 Å². The number of esters is 1. The lowest BCUT2D eigenvalue weighted by Gasteiger charge is -2.36. The van der Waals surface area contributed by atoms with Crippen LogP contribution in [0.3, 0.4) is 0 Å². The summed E-state index contributed by atoms with van der Waals surface area (Å²) in [6.07, 6.45) is 10.8. The van der Waals surface area contributed by atoms with Crippen molar-refractivity contribution < 1.29 is 9.53 Å². The van der Waals surface area contributed by atoms with Gasteiger partial charge in [-0.3, -0.25) is 0 Å². The third-order valence-electron chi connectivity index (χ3n) is 3.95. The van der Waals surface area contributed by atoms with E-state index in [0.717, 1.165) is 24.7 Å². The Kier molecular flexibility index (Phi) is 3.45. The molecule has 0 amide bonds. The number of hydrogen-bond donors (Lipinski definition) is 0. The molecule has 2 atom stereocenters. The normalized spacial score (nSPS) is 33.5. The van der Waals surface area contributed by atoms with Gasteiger partial charge in [0.2, 0.25) is 0 Å².